The van der Waals surface area contributed by atoms with E-state index in [1.54, 1.807) is 0 Å². The highest BCUT2D eigenvalue weighted by Crippen LogP contribution is 2.38. The Labute approximate surface area is 142 Å². The lowest BCUT2D eigenvalue weighted by atomic mass is 9.84. The second kappa shape index (κ2) is 6.85. The summed E-state index contributed by atoms with van der Waals surface area (Å²) in [5.41, 5.74) is 0.771. The highest BCUT2D eigenvalue weighted by molar-refractivity contribution is 5.89. The monoisotopic (exact) mass is 325 g/mol. The van der Waals surface area contributed by atoms with E-state index in [-0.39, 0.29) is 18.4 Å². The molecule has 0 radical (unpaired) electrons. The van der Waals surface area contributed by atoms with E-state index in [9.17, 15) is 9.90 Å². The maximum Gasteiger partial charge on any atom is 0.171 e. The molecule has 1 saturated heterocycles. The van der Waals surface area contributed by atoms with Crippen LogP contribution in [0.4, 0.5) is 0 Å². The van der Waals surface area contributed by atoms with E-state index >= 15 is 0 Å². The van der Waals surface area contributed by atoms with Crippen molar-refractivity contribution in [1.29, 1.82) is 0 Å². The van der Waals surface area contributed by atoms with E-state index in [1.165, 1.54) is 13.8 Å². The maximum absolute atomic E-state index is 12.7. The van der Waals surface area contributed by atoms with Crippen LogP contribution in [-0.2, 0) is 16.2 Å². The maximum atomic E-state index is 12.7. The average Bonchev–Trinajstić information content (AvgIpc) is 2.98. The molecule has 2 aromatic rings. The Balaban J connectivity index is 1.90. The SMILES string of the molecule is CC(C)(O)C(=O)[C@H]1CON(Cc2ccccc2)[C@@H]1c1ccccc1. The van der Waals surface area contributed by atoms with Crippen LogP contribution in [0.25, 0.3) is 0 Å². The Morgan fingerprint density at radius 2 is 1.71 bits per heavy atom. The van der Waals surface area contributed by atoms with Crippen LogP contribution >= 0.6 is 0 Å². The molecule has 0 amide bonds. The average molecular weight is 325 g/mol. The first-order valence-corrected chi connectivity index (χ1v) is 8.22. The lowest BCUT2D eigenvalue weighted by Gasteiger charge is -2.28. The van der Waals surface area contributed by atoms with Gasteiger partial charge in [0, 0.05) is 6.54 Å². The molecule has 0 unspecified atom stereocenters. The third kappa shape index (κ3) is 3.56. The van der Waals surface area contributed by atoms with Crippen molar-refractivity contribution in [3.05, 3.63) is 71.8 Å². The van der Waals surface area contributed by atoms with Crippen molar-refractivity contribution < 1.29 is 14.7 Å². The van der Waals surface area contributed by atoms with Gasteiger partial charge >= 0.3 is 0 Å². The van der Waals surface area contributed by atoms with Gasteiger partial charge in [0.15, 0.2) is 5.78 Å². The standard InChI is InChI=1S/C20H23NO3/c1-20(2,23)19(22)17-14-24-21(13-15-9-5-3-6-10-15)18(17)16-11-7-4-8-12-16/h3-12,17-18,23H,13-14H2,1-2H3/t17-,18+/m0/s1. The first kappa shape index (κ1) is 16.8. The molecular weight excluding hydrogens is 302 g/mol. The molecule has 126 valence electrons. The number of hydrogen-bond acceptors (Lipinski definition) is 4. The number of hydrogen-bond donors (Lipinski definition) is 1. The molecule has 1 N–H and O–H groups in total. The minimum Gasteiger partial charge on any atom is -0.383 e. The number of rotatable bonds is 5. The number of carbonyl (C=O) groups excluding carboxylic acids is 1. The molecule has 1 heterocycles. The van der Waals surface area contributed by atoms with Crippen LogP contribution in [0.1, 0.15) is 31.0 Å². The fraction of sp³-hybridized carbons (Fsp3) is 0.350. The predicted octanol–water partition coefficient (Wildman–Crippen LogP) is 3.13. The topological polar surface area (TPSA) is 49.8 Å². The molecule has 3 rings (SSSR count). The zero-order valence-corrected chi connectivity index (χ0v) is 14.1. The van der Waals surface area contributed by atoms with Gasteiger partial charge in [-0.05, 0) is 25.0 Å². The van der Waals surface area contributed by atoms with Gasteiger partial charge in [-0.3, -0.25) is 9.63 Å². The van der Waals surface area contributed by atoms with E-state index in [2.05, 4.69) is 0 Å². The van der Waals surface area contributed by atoms with Gasteiger partial charge in [0.25, 0.3) is 0 Å². The van der Waals surface area contributed by atoms with E-state index in [4.69, 9.17) is 4.84 Å². The second-order valence-corrected chi connectivity index (χ2v) is 6.74. The zero-order valence-electron chi connectivity index (χ0n) is 14.1. The van der Waals surface area contributed by atoms with Gasteiger partial charge < -0.3 is 5.11 Å². The smallest absolute Gasteiger partial charge is 0.171 e. The van der Waals surface area contributed by atoms with Crippen molar-refractivity contribution in [3.63, 3.8) is 0 Å². The molecule has 4 heteroatoms. The normalized spacial score (nSPS) is 21.8. The number of benzene rings is 2. The van der Waals surface area contributed by atoms with Crippen molar-refractivity contribution in [2.24, 2.45) is 5.92 Å². The van der Waals surface area contributed by atoms with Gasteiger partial charge in [0.2, 0.25) is 0 Å². The molecule has 1 aliphatic rings. The first-order chi connectivity index (χ1) is 11.5. The van der Waals surface area contributed by atoms with Gasteiger partial charge in [-0.2, -0.15) is 5.06 Å². The summed E-state index contributed by atoms with van der Waals surface area (Å²) >= 11 is 0. The van der Waals surface area contributed by atoms with Gasteiger partial charge in [0.05, 0.1) is 18.6 Å². The van der Waals surface area contributed by atoms with Crippen molar-refractivity contribution in [2.45, 2.75) is 32.0 Å². The summed E-state index contributed by atoms with van der Waals surface area (Å²) in [5, 5.41) is 12.0. The summed E-state index contributed by atoms with van der Waals surface area (Å²) in [6, 6.07) is 19.7. The van der Waals surface area contributed by atoms with Gasteiger partial charge in [-0.1, -0.05) is 60.7 Å². The molecule has 0 saturated carbocycles. The van der Waals surface area contributed by atoms with E-state index in [0.29, 0.717) is 6.54 Å². The summed E-state index contributed by atoms with van der Waals surface area (Å²) in [7, 11) is 0. The Morgan fingerprint density at radius 3 is 2.29 bits per heavy atom. The highest BCUT2D eigenvalue weighted by atomic mass is 16.7. The Bertz CT molecular complexity index is 679. The third-order valence-corrected chi connectivity index (χ3v) is 4.37. The molecule has 0 spiro atoms. The molecule has 0 bridgehead atoms. The Kier molecular flexibility index (Phi) is 4.81. The number of Topliss-reactive ketones (excluding diaryl/α,β-unsaturated/α-hetero) is 1. The summed E-state index contributed by atoms with van der Waals surface area (Å²) in [4.78, 5) is 18.5. The predicted molar refractivity (Wildman–Crippen MR) is 91.9 cm³/mol. The fourth-order valence-corrected chi connectivity index (χ4v) is 3.18. The molecule has 24 heavy (non-hydrogen) atoms. The van der Waals surface area contributed by atoms with Crippen LogP contribution in [0, 0.1) is 5.92 Å². The van der Waals surface area contributed by atoms with E-state index in [1.807, 2.05) is 65.7 Å². The van der Waals surface area contributed by atoms with Crippen LogP contribution in [0.2, 0.25) is 0 Å². The summed E-state index contributed by atoms with van der Waals surface area (Å²) < 4.78 is 0. The van der Waals surface area contributed by atoms with E-state index in [0.717, 1.165) is 11.1 Å². The van der Waals surface area contributed by atoms with Crippen LogP contribution in [0.5, 0.6) is 0 Å². The van der Waals surface area contributed by atoms with Crippen LogP contribution in [0.15, 0.2) is 60.7 Å². The molecule has 2 atom stereocenters. The van der Waals surface area contributed by atoms with Gasteiger partial charge in [-0.25, -0.2) is 0 Å². The molecule has 1 aliphatic heterocycles. The van der Waals surface area contributed by atoms with Gasteiger partial charge in [-0.15, -0.1) is 0 Å². The number of carbonyl (C=O) groups is 1. The molecule has 0 aromatic heterocycles. The second-order valence-electron chi connectivity index (χ2n) is 6.74. The summed E-state index contributed by atoms with van der Waals surface area (Å²) in [5.74, 6) is -0.581. The molecule has 2 aromatic carbocycles. The Morgan fingerprint density at radius 1 is 1.12 bits per heavy atom. The van der Waals surface area contributed by atoms with Crippen LogP contribution < -0.4 is 0 Å². The van der Waals surface area contributed by atoms with Gasteiger partial charge in [0.1, 0.15) is 5.60 Å². The summed E-state index contributed by atoms with van der Waals surface area (Å²) in [6.45, 7) is 3.96. The Hall–Kier alpha value is -2.01. The zero-order chi connectivity index (χ0) is 17.2. The van der Waals surface area contributed by atoms with Crippen LogP contribution in [0.3, 0.4) is 0 Å². The lowest BCUT2D eigenvalue weighted by Crippen LogP contribution is -2.40. The van der Waals surface area contributed by atoms with Crippen molar-refractivity contribution in [3.8, 4) is 0 Å². The first-order valence-electron chi connectivity index (χ1n) is 8.22. The van der Waals surface area contributed by atoms with E-state index < -0.39 is 11.5 Å². The lowest BCUT2D eigenvalue weighted by molar-refractivity contribution is -0.141. The fourth-order valence-electron chi connectivity index (χ4n) is 3.18. The number of ketones is 1. The van der Waals surface area contributed by atoms with Crippen molar-refractivity contribution in [2.75, 3.05) is 6.61 Å². The minimum atomic E-state index is -1.37. The van der Waals surface area contributed by atoms with Crippen molar-refractivity contribution in [1.82, 2.24) is 5.06 Å². The quantitative estimate of drug-likeness (QED) is 0.917. The highest BCUT2D eigenvalue weighted by Gasteiger charge is 2.45. The molecule has 4 nitrogen and oxygen atoms in total. The number of nitrogens with zero attached hydrogens (tertiary/aromatic N) is 1. The van der Waals surface area contributed by atoms with Crippen LogP contribution in [-0.4, -0.2) is 28.2 Å². The molecular formula is C20H23NO3. The molecule has 1 fully saturated rings. The van der Waals surface area contributed by atoms with Crippen molar-refractivity contribution >= 4 is 5.78 Å². The molecule has 0 aliphatic carbocycles. The largest absolute Gasteiger partial charge is 0.383 e. The summed E-state index contributed by atoms with van der Waals surface area (Å²) in [6.07, 6.45) is 0. The number of hydroxylamine groups is 2. The minimum absolute atomic E-state index is 0.188. The number of aliphatic hydroxyl groups is 1. The third-order valence-electron chi connectivity index (χ3n) is 4.37.